The van der Waals surface area contributed by atoms with Gasteiger partial charge in [-0.3, -0.25) is 0 Å². The van der Waals surface area contributed by atoms with Gasteiger partial charge in [-0.2, -0.15) is 0 Å². The summed E-state index contributed by atoms with van der Waals surface area (Å²) in [4.78, 5) is 4.37. The molecule has 0 saturated heterocycles. The zero-order chi connectivity index (χ0) is 48.1. The van der Waals surface area contributed by atoms with Crippen LogP contribution in [0, 0.1) is 0 Å². The van der Waals surface area contributed by atoms with Gasteiger partial charge in [0.1, 0.15) is 33.1 Å². The summed E-state index contributed by atoms with van der Waals surface area (Å²) in [5.41, 5.74) is 11.8. The van der Waals surface area contributed by atoms with Gasteiger partial charge in [0, 0.05) is 62.5 Å². The Hall–Kier alpha value is -6.99. The van der Waals surface area contributed by atoms with Crippen molar-refractivity contribution in [1.82, 2.24) is 4.57 Å². The van der Waals surface area contributed by atoms with Crippen molar-refractivity contribution in [3.63, 3.8) is 0 Å². The number of nitrogens with zero attached hydrogens (tertiary/aromatic N) is 3. The molecule has 0 saturated carbocycles. The molecule has 0 fully saturated rings. The van der Waals surface area contributed by atoms with E-state index in [1.807, 2.05) is 97.1 Å². The number of allylic oxidation sites excluding steroid dienone is 1. The van der Waals surface area contributed by atoms with Crippen LogP contribution in [0.2, 0.25) is 0 Å². The van der Waals surface area contributed by atoms with Crippen LogP contribution < -0.4 is 58.3 Å². The number of rotatable bonds is 17. The van der Waals surface area contributed by atoms with Gasteiger partial charge in [0.25, 0.3) is 0 Å². The maximum atomic E-state index is 12.3. The number of methoxy groups -OCH3 is 4. The first-order valence-corrected chi connectivity index (χ1v) is 24.1. The standard InChI is InChI=1S/C58H53N3O7S.Na/c1-6-7-54(69(62,63)64)36-37-59-57-34-12-42(40-8-14-44(15-9-40)60(46-18-26-50(65-2)27-19-46)47-20-28-51(66-3)29-21-47)38-55(57)56-39-43(13-35-58(56)59)41-10-16-45(17-11-41)61(48-22-30-52(67-4)31-23-48)49-24-32-53(68-5)33-25-49;/h6-35,38-39,54H,36-37H2,1-5H3,(H,62,63,64);/q;+1/p-1/b7-6+;. The topological polar surface area (TPSA) is 106 Å². The minimum atomic E-state index is -4.56. The van der Waals surface area contributed by atoms with Crippen LogP contribution in [0.4, 0.5) is 34.1 Å². The van der Waals surface area contributed by atoms with E-state index in [0.717, 1.165) is 101 Å². The van der Waals surface area contributed by atoms with Gasteiger partial charge in [-0.05, 0) is 181 Å². The minimum absolute atomic E-state index is 0. The number of benzene rings is 8. The summed E-state index contributed by atoms with van der Waals surface area (Å²) in [6, 6.07) is 61.7. The van der Waals surface area contributed by atoms with E-state index in [9.17, 15) is 13.0 Å². The van der Waals surface area contributed by atoms with Crippen molar-refractivity contribution in [2.45, 2.75) is 25.1 Å². The molecule has 0 aliphatic heterocycles. The van der Waals surface area contributed by atoms with Crippen molar-refractivity contribution in [2.24, 2.45) is 0 Å². The smallest absolute Gasteiger partial charge is 0.747 e. The van der Waals surface area contributed by atoms with Crippen LogP contribution >= 0.6 is 0 Å². The molecule has 70 heavy (non-hydrogen) atoms. The molecule has 0 radical (unpaired) electrons. The molecular formula is C58H52N3NaO7S. The first kappa shape index (κ1) is 49.4. The monoisotopic (exact) mass is 957 g/mol. The maximum absolute atomic E-state index is 12.3. The zero-order valence-electron chi connectivity index (χ0n) is 40.1. The molecule has 348 valence electrons. The Morgan fingerprint density at radius 2 is 0.757 bits per heavy atom. The summed E-state index contributed by atoms with van der Waals surface area (Å²) < 4.78 is 60.9. The summed E-state index contributed by atoms with van der Waals surface area (Å²) >= 11 is 0. The quantitative estimate of drug-likeness (QED) is 0.0501. The molecule has 9 rings (SSSR count). The average Bonchev–Trinajstić information content (AvgIpc) is 3.70. The van der Waals surface area contributed by atoms with Gasteiger partial charge in [0.2, 0.25) is 0 Å². The molecule has 1 atom stereocenters. The Labute approximate surface area is 432 Å². The molecule has 0 spiro atoms. The Morgan fingerprint density at radius 1 is 0.471 bits per heavy atom. The molecule has 1 heterocycles. The van der Waals surface area contributed by atoms with Gasteiger partial charge >= 0.3 is 29.6 Å². The molecule has 8 aromatic carbocycles. The number of hydrogen-bond donors (Lipinski definition) is 0. The van der Waals surface area contributed by atoms with Crippen LogP contribution in [0.5, 0.6) is 23.0 Å². The van der Waals surface area contributed by atoms with Crippen LogP contribution in [0.3, 0.4) is 0 Å². The number of hydrogen-bond acceptors (Lipinski definition) is 9. The van der Waals surface area contributed by atoms with Crippen LogP contribution in [0.25, 0.3) is 44.1 Å². The molecule has 12 heteroatoms. The Balaban J connectivity index is 0.00000659. The number of aryl methyl sites for hydroxylation is 1. The van der Waals surface area contributed by atoms with Crippen molar-refractivity contribution in [2.75, 3.05) is 38.2 Å². The summed E-state index contributed by atoms with van der Waals surface area (Å²) in [6.07, 6.45) is 3.25. The SMILES string of the molecule is C/C=C/C(CCn1c2ccc(-c3ccc(N(c4ccc(OC)cc4)c4ccc(OC)cc4)cc3)cc2c2cc(-c3ccc(N(c4ccc(OC)cc4)c4ccc(OC)cc4)cc3)ccc21)S(=O)(=O)[O-].[Na+]. The Bertz CT molecular complexity index is 3050. The van der Waals surface area contributed by atoms with Gasteiger partial charge in [0.15, 0.2) is 0 Å². The van der Waals surface area contributed by atoms with Gasteiger partial charge in [-0.25, -0.2) is 8.42 Å². The minimum Gasteiger partial charge on any atom is -0.747 e. The predicted octanol–water partition coefficient (Wildman–Crippen LogP) is 11.0. The van der Waals surface area contributed by atoms with Gasteiger partial charge in [0.05, 0.1) is 33.7 Å². The summed E-state index contributed by atoms with van der Waals surface area (Å²) in [7, 11) is 2.08. The fraction of sp³-hybridized carbons (Fsp3) is 0.138. The first-order chi connectivity index (χ1) is 33.6. The third-order valence-electron chi connectivity index (χ3n) is 12.5. The molecule has 1 aromatic heterocycles. The predicted molar refractivity (Wildman–Crippen MR) is 279 cm³/mol. The molecule has 0 bridgehead atoms. The summed E-state index contributed by atoms with van der Waals surface area (Å²) in [6.45, 7) is 2.06. The van der Waals surface area contributed by atoms with Gasteiger partial charge in [-0.1, -0.05) is 48.6 Å². The second kappa shape index (κ2) is 21.8. The average molecular weight is 958 g/mol. The molecule has 9 aromatic rings. The van der Waals surface area contributed by atoms with Crippen LogP contribution in [0.1, 0.15) is 13.3 Å². The second-order valence-electron chi connectivity index (χ2n) is 16.5. The van der Waals surface area contributed by atoms with E-state index >= 15 is 0 Å². The van der Waals surface area contributed by atoms with Gasteiger partial charge in [-0.15, -0.1) is 0 Å². The largest absolute Gasteiger partial charge is 1.00 e. The van der Waals surface area contributed by atoms with Crippen molar-refractivity contribution >= 4 is 66.0 Å². The number of anilines is 6. The maximum Gasteiger partial charge on any atom is 1.00 e. The summed E-state index contributed by atoms with van der Waals surface area (Å²) in [5.74, 6) is 3.10. The molecule has 0 aliphatic carbocycles. The van der Waals surface area contributed by atoms with E-state index in [0.29, 0.717) is 6.54 Å². The van der Waals surface area contributed by atoms with Crippen LogP contribution in [0.15, 0.2) is 194 Å². The molecular weight excluding hydrogens is 906 g/mol. The fourth-order valence-corrected chi connectivity index (χ4v) is 9.68. The van der Waals surface area contributed by atoms with E-state index in [2.05, 4.69) is 99.3 Å². The van der Waals surface area contributed by atoms with Crippen molar-refractivity contribution < 1.29 is 61.5 Å². The van der Waals surface area contributed by atoms with Crippen molar-refractivity contribution in [3.05, 3.63) is 194 Å². The molecule has 0 amide bonds. The molecule has 0 aliphatic rings. The van der Waals surface area contributed by atoms with Crippen LogP contribution in [-0.2, 0) is 16.7 Å². The molecule has 0 N–H and O–H groups in total. The van der Waals surface area contributed by atoms with E-state index in [1.54, 1.807) is 41.4 Å². The Morgan fingerprint density at radius 3 is 1.03 bits per heavy atom. The number of ether oxygens (including phenoxy) is 4. The van der Waals surface area contributed by atoms with E-state index in [4.69, 9.17) is 18.9 Å². The third kappa shape index (κ3) is 10.4. The number of fused-ring (bicyclic) bond motifs is 3. The molecule has 10 nitrogen and oxygen atoms in total. The first-order valence-electron chi connectivity index (χ1n) is 22.6. The third-order valence-corrected chi connectivity index (χ3v) is 13.7. The second-order valence-corrected chi connectivity index (χ2v) is 18.1. The fourth-order valence-electron chi connectivity index (χ4n) is 8.94. The van der Waals surface area contributed by atoms with Crippen LogP contribution in [-0.4, -0.2) is 51.2 Å². The van der Waals surface area contributed by atoms with Crippen molar-refractivity contribution in [1.29, 1.82) is 0 Å². The van der Waals surface area contributed by atoms with Gasteiger partial charge < -0.3 is 37.9 Å². The molecule has 1 unspecified atom stereocenters. The van der Waals surface area contributed by atoms with E-state index in [-0.39, 0.29) is 36.0 Å². The Kier molecular flexibility index (Phi) is 15.4. The van der Waals surface area contributed by atoms with Crippen molar-refractivity contribution in [3.8, 4) is 45.3 Å². The normalized spacial score (nSPS) is 11.9. The van der Waals surface area contributed by atoms with E-state index in [1.165, 1.54) is 6.08 Å². The van der Waals surface area contributed by atoms with E-state index < -0.39 is 15.4 Å². The zero-order valence-corrected chi connectivity index (χ0v) is 42.9. The number of aromatic nitrogens is 1. The summed E-state index contributed by atoms with van der Waals surface area (Å²) in [5, 5.41) is 0.887.